The van der Waals surface area contributed by atoms with Gasteiger partial charge in [-0.25, -0.2) is 0 Å². The molecule has 0 aliphatic carbocycles. The molecule has 0 radical (unpaired) electrons. The van der Waals surface area contributed by atoms with Crippen LogP contribution in [0.25, 0.3) is 0 Å². The molecule has 1 saturated heterocycles. The van der Waals surface area contributed by atoms with Crippen LogP contribution in [0.2, 0.25) is 0 Å². The van der Waals surface area contributed by atoms with E-state index < -0.39 is 4.92 Å². The number of amides is 1. The first kappa shape index (κ1) is 20.1. The lowest BCUT2D eigenvalue weighted by Crippen LogP contribution is -2.41. The molecule has 0 saturated carbocycles. The van der Waals surface area contributed by atoms with Crippen molar-refractivity contribution in [2.24, 2.45) is 5.92 Å². The molecule has 0 atom stereocenters. The average Bonchev–Trinajstić information content (AvgIpc) is 2.61. The summed E-state index contributed by atoms with van der Waals surface area (Å²) in [5, 5.41) is 13.8. The van der Waals surface area contributed by atoms with Crippen LogP contribution in [0.15, 0.2) is 18.2 Å². The summed E-state index contributed by atoms with van der Waals surface area (Å²) in [5.74, 6) is 0.622. The van der Waals surface area contributed by atoms with Gasteiger partial charge >= 0.3 is 0 Å². The third-order valence-corrected chi connectivity index (χ3v) is 4.24. The van der Waals surface area contributed by atoms with Crippen LogP contribution >= 0.6 is 0 Å². The summed E-state index contributed by atoms with van der Waals surface area (Å²) in [6.45, 7) is 6.77. The van der Waals surface area contributed by atoms with E-state index in [0.29, 0.717) is 11.7 Å². The van der Waals surface area contributed by atoms with Crippen LogP contribution in [-0.4, -0.2) is 55.2 Å². The van der Waals surface area contributed by atoms with Crippen LogP contribution in [0, 0.1) is 16.0 Å². The second-order valence-electron chi connectivity index (χ2n) is 6.89. The molecule has 8 nitrogen and oxygen atoms in total. The highest BCUT2D eigenvalue weighted by molar-refractivity contribution is 5.94. The number of ether oxygens (including phenoxy) is 2. The minimum atomic E-state index is -0.532. The second kappa shape index (κ2) is 9.49. The lowest BCUT2D eigenvalue weighted by Gasteiger charge is -2.31. The van der Waals surface area contributed by atoms with Gasteiger partial charge in [-0.2, -0.15) is 0 Å². The van der Waals surface area contributed by atoms with Crippen LogP contribution in [0.5, 0.6) is 5.75 Å². The largest absolute Gasteiger partial charge is 0.496 e. The lowest BCUT2D eigenvalue weighted by atomic mass is 10.1. The normalized spacial score (nSPS) is 15.8. The Hall–Kier alpha value is -2.19. The van der Waals surface area contributed by atoms with Crippen molar-refractivity contribution in [3.05, 3.63) is 28.3 Å². The lowest BCUT2D eigenvalue weighted by molar-refractivity contribution is -0.384. The summed E-state index contributed by atoms with van der Waals surface area (Å²) in [6.07, 6.45) is 2.03. The molecule has 1 fully saturated rings. The van der Waals surface area contributed by atoms with Gasteiger partial charge in [0.2, 0.25) is 5.91 Å². The van der Waals surface area contributed by atoms with Crippen LogP contribution < -0.4 is 10.1 Å². The SMILES string of the molecule is COc1ccc(NC(=O)CN2CCC(OCC(C)C)CC2)c([N+](=O)[O-])c1. The number of piperidine rings is 1. The summed E-state index contributed by atoms with van der Waals surface area (Å²) in [7, 11) is 1.44. The third kappa shape index (κ3) is 5.96. The van der Waals surface area contributed by atoms with Crippen molar-refractivity contribution >= 4 is 17.3 Å². The van der Waals surface area contributed by atoms with Crippen LogP contribution in [0.4, 0.5) is 11.4 Å². The highest BCUT2D eigenvalue weighted by Gasteiger charge is 2.23. The Labute approximate surface area is 153 Å². The van der Waals surface area contributed by atoms with E-state index in [0.717, 1.165) is 32.5 Å². The van der Waals surface area contributed by atoms with Gasteiger partial charge in [0.1, 0.15) is 11.4 Å². The number of anilines is 1. The van der Waals surface area contributed by atoms with Gasteiger partial charge in [0, 0.05) is 19.7 Å². The zero-order valence-corrected chi connectivity index (χ0v) is 15.6. The molecule has 0 unspecified atom stereocenters. The molecule has 0 aromatic heterocycles. The molecule has 1 N–H and O–H groups in total. The molecule has 144 valence electrons. The summed E-state index contributed by atoms with van der Waals surface area (Å²) in [5.41, 5.74) is -0.00514. The smallest absolute Gasteiger partial charge is 0.296 e. The molecule has 1 aromatic rings. The standard InChI is InChI=1S/C18H27N3O5/c1-13(2)12-26-14-6-8-20(9-7-14)11-18(22)19-16-5-4-15(25-3)10-17(16)21(23)24/h4-5,10,13-14H,6-9,11-12H2,1-3H3,(H,19,22). The molecule has 2 rings (SSSR count). The number of carbonyl (C=O) groups is 1. The van der Waals surface area contributed by atoms with Crippen LogP contribution in [0.1, 0.15) is 26.7 Å². The van der Waals surface area contributed by atoms with Gasteiger partial charge in [0.05, 0.1) is 30.7 Å². The highest BCUT2D eigenvalue weighted by atomic mass is 16.6. The monoisotopic (exact) mass is 365 g/mol. The van der Waals surface area contributed by atoms with Crippen molar-refractivity contribution in [3.8, 4) is 5.75 Å². The Morgan fingerprint density at radius 2 is 2.08 bits per heavy atom. The Morgan fingerprint density at radius 3 is 2.65 bits per heavy atom. The van der Waals surface area contributed by atoms with E-state index in [1.807, 2.05) is 4.90 Å². The first-order valence-corrected chi connectivity index (χ1v) is 8.85. The molecule has 0 bridgehead atoms. The van der Waals surface area contributed by atoms with E-state index in [-0.39, 0.29) is 29.9 Å². The number of rotatable bonds is 8. The van der Waals surface area contributed by atoms with Crippen molar-refractivity contribution in [3.63, 3.8) is 0 Å². The van der Waals surface area contributed by atoms with Gasteiger partial charge in [-0.05, 0) is 30.9 Å². The summed E-state index contributed by atoms with van der Waals surface area (Å²) in [4.78, 5) is 25.0. The number of nitro groups is 1. The Kier molecular flexibility index (Phi) is 7.35. The van der Waals surface area contributed by atoms with E-state index in [1.165, 1.54) is 19.2 Å². The molecule has 8 heteroatoms. The van der Waals surface area contributed by atoms with Crippen molar-refractivity contribution in [2.75, 3.05) is 38.7 Å². The topological polar surface area (TPSA) is 93.9 Å². The number of nitrogens with zero attached hydrogens (tertiary/aromatic N) is 2. The zero-order valence-electron chi connectivity index (χ0n) is 15.6. The predicted molar refractivity (Wildman–Crippen MR) is 98.5 cm³/mol. The van der Waals surface area contributed by atoms with E-state index in [9.17, 15) is 14.9 Å². The maximum Gasteiger partial charge on any atom is 0.296 e. The number of carbonyl (C=O) groups excluding carboxylic acids is 1. The zero-order chi connectivity index (χ0) is 19.1. The van der Waals surface area contributed by atoms with Crippen molar-refractivity contribution < 1.29 is 19.2 Å². The number of hydrogen-bond acceptors (Lipinski definition) is 6. The van der Waals surface area contributed by atoms with Crippen LogP contribution in [0.3, 0.4) is 0 Å². The maximum atomic E-state index is 12.3. The summed E-state index contributed by atoms with van der Waals surface area (Å²) < 4.78 is 10.8. The fraction of sp³-hybridized carbons (Fsp3) is 0.611. The predicted octanol–water partition coefficient (Wildman–Crippen LogP) is 2.68. The number of hydrogen-bond donors (Lipinski definition) is 1. The number of benzene rings is 1. The average molecular weight is 365 g/mol. The van der Waals surface area contributed by atoms with Gasteiger partial charge in [-0.15, -0.1) is 0 Å². The van der Waals surface area contributed by atoms with Gasteiger partial charge in [0.25, 0.3) is 5.69 Å². The Balaban J connectivity index is 1.85. The van der Waals surface area contributed by atoms with E-state index in [2.05, 4.69) is 19.2 Å². The van der Waals surface area contributed by atoms with Crippen LogP contribution in [-0.2, 0) is 9.53 Å². The highest BCUT2D eigenvalue weighted by Crippen LogP contribution is 2.29. The maximum absolute atomic E-state index is 12.3. The quantitative estimate of drug-likeness (QED) is 0.562. The third-order valence-electron chi connectivity index (χ3n) is 4.24. The molecule has 26 heavy (non-hydrogen) atoms. The molecular formula is C18H27N3O5. The molecule has 1 heterocycles. The van der Waals surface area contributed by atoms with Crippen molar-refractivity contribution in [1.29, 1.82) is 0 Å². The number of methoxy groups -OCH3 is 1. The fourth-order valence-corrected chi connectivity index (χ4v) is 2.85. The van der Waals surface area contributed by atoms with E-state index in [1.54, 1.807) is 6.07 Å². The molecule has 1 aliphatic heterocycles. The van der Waals surface area contributed by atoms with Gasteiger partial charge in [-0.3, -0.25) is 19.8 Å². The van der Waals surface area contributed by atoms with Gasteiger partial charge in [-0.1, -0.05) is 13.8 Å². The number of likely N-dealkylation sites (tertiary alicyclic amines) is 1. The molecular weight excluding hydrogens is 338 g/mol. The molecule has 1 aliphatic rings. The van der Waals surface area contributed by atoms with Gasteiger partial charge in [0.15, 0.2) is 0 Å². The molecule has 0 spiro atoms. The Morgan fingerprint density at radius 1 is 1.38 bits per heavy atom. The second-order valence-corrected chi connectivity index (χ2v) is 6.89. The number of nitro benzene ring substituents is 1. The first-order chi connectivity index (χ1) is 12.4. The minimum Gasteiger partial charge on any atom is -0.496 e. The molecule has 1 aromatic carbocycles. The van der Waals surface area contributed by atoms with Gasteiger partial charge < -0.3 is 14.8 Å². The molecule has 1 amide bonds. The van der Waals surface area contributed by atoms with Crippen molar-refractivity contribution in [1.82, 2.24) is 4.90 Å². The minimum absolute atomic E-state index is 0.177. The van der Waals surface area contributed by atoms with E-state index >= 15 is 0 Å². The van der Waals surface area contributed by atoms with Crippen molar-refractivity contribution in [2.45, 2.75) is 32.8 Å². The number of nitrogens with one attached hydrogen (secondary N) is 1. The summed E-state index contributed by atoms with van der Waals surface area (Å²) in [6, 6.07) is 4.37. The first-order valence-electron chi connectivity index (χ1n) is 8.85. The summed E-state index contributed by atoms with van der Waals surface area (Å²) >= 11 is 0. The Bertz CT molecular complexity index is 627. The fourth-order valence-electron chi connectivity index (χ4n) is 2.85. The van der Waals surface area contributed by atoms with E-state index in [4.69, 9.17) is 9.47 Å².